The van der Waals surface area contributed by atoms with Gasteiger partial charge in [-0.05, 0) is 19.8 Å². The van der Waals surface area contributed by atoms with Crippen LogP contribution in [0.1, 0.15) is 26.2 Å². The SMILES string of the molecule is C=C(C)C(=O)OCC(O)CCCC(F)(F)C(F)(F)C(F)(F)C(F)(F)C(F)(F)C(F)(F)C(F)(F)C(F)(F)C(F)(F)C(F)(F)C(F)(F)C(F)F. The molecule has 0 rings (SSSR count). The van der Waals surface area contributed by atoms with E-state index >= 15 is 0 Å². The molecule has 0 saturated heterocycles. The maximum absolute atomic E-state index is 13.9. The Morgan fingerprint density at radius 3 is 1.17 bits per heavy atom. The minimum Gasteiger partial charge on any atom is -0.460 e. The summed E-state index contributed by atoms with van der Waals surface area (Å²) in [7, 11) is 0. The fraction of sp³-hybridized carbons (Fsp3) is 0.857. The molecule has 27 heteroatoms. The average molecular weight is 772 g/mol. The average Bonchev–Trinajstić information content (AvgIpc) is 2.90. The molecular formula is C21H16F24O3. The summed E-state index contributed by atoms with van der Waals surface area (Å²) < 4.78 is 329. The van der Waals surface area contributed by atoms with E-state index in [9.17, 15) is 115 Å². The summed E-state index contributed by atoms with van der Waals surface area (Å²) in [6, 6.07) is 0. The largest absolute Gasteiger partial charge is 0.460 e. The highest BCUT2D eigenvalue weighted by Crippen LogP contribution is 2.67. The fourth-order valence-electron chi connectivity index (χ4n) is 3.05. The van der Waals surface area contributed by atoms with Crippen LogP contribution in [0, 0.1) is 0 Å². The molecule has 0 fully saturated rings. The van der Waals surface area contributed by atoms with Crippen molar-refractivity contribution in [3.63, 3.8) is 0 Å². The molecule has 0 bridgehead atoms. The Morgan fingerprint density at radius 2 is 0.875 bits per heavy atom. The van der Waals surface area contributed by atoms with Crippen LogP contribution in [0.25, 0.3) is 0 Å². The molecule has 1 atom stereocenters. The lowest BCUT2D eigenvalue weighted by Crippen LogP contribution is -2.78. The lowest BCUT2D eigenvalue weighted by molar-refractivity contribution is -0.476. The normalized spacial score (nSPS) is 16.3. The van der Waals surface area contributed by atoms with Crippen LogP contribution >= 0.6 is 0 Å². The van der Waals surface area contributed by atoms with Crippen LogP contribution in [0.5, 0.6) is 0 Å². The van der Waals surface area contributed by atoms with Crippen LogP contribution in [0.4, 0.5) is 105 Å². The number of esters is 1. The van der Waals surface area contributed by atoms with Crippen molar-refractivity contribution < 1.29 is 120 Å². The molecule has 0 aliphatic heterocycles. The Morgan fingerprint density at radius 1 is 0.583 bits per heavy atom. The maximum atomic E-state index is 13.9. The van der Waals surface area contributed by atoms with Gasteiger partial charge in [0.15, 0.2) is 0 Å². The predicted molar refractivity (Wildman–Crippen MR) is 106 cm³/mol. The van der Waals surface area contributed by atoms with E-state index < -0.39 is 110 Å². The third-order valence-corrected chi connectivity index (χ3v) is 6.09. The molecule has 1 N–H and O–H groups in total. The van der Waals surface area contributed by atoms with Gasteiger partial charge in [0.1, 0.15) is 6.61 Å². The van der Waals surface area contributed by atoms with Crippen LogP contribution in [0.15, 0.2) is 12.2 Å². The molecule has 0 amide bonds. The third-order valence-electron chi connectivity index (χ3n) is 6.09. The van der Waals surface area contributed by atoms with Gasteiger partial charge >= 0.3 is 77.5 Å². The first kappa shape index (κ1) is 45.5. The number of hydrogen-bond acceptors (Lipinski definition) is 3. The molecule has 1 unspecified atom stereocenters. The van der Waals surface area contributed by atoms with Crippen molar-refractivity contribution in [3.05, 3.63) is 12.2 Å². The molecular weight excluding hydrogens is 756 g/mol. The predicted octanol–water partition coefficient (Wildman–Crippen LogP) is 8.89. The molecule has 0 aliphatic carbocycles. The quantitative estimate of drug-likeness (QED) is 0.0861. The second-order valence-electron chi connectivity index (χ2n) is 9.72. The number of alkyl halides is 24. The van der Waals surface area contributed by atoms with E-state index in [0.29, 0.717) is 0 Å². The number of rotatable bonds is 18. The van der Waals surface area contributed by atoms with Gasteiger partial charge in [-0.15, -0.1) is 0 Å². The van der Waals surface area contributed by atoms with Gasteiger partial charge in [0.2, 0.25) is 0 Å². The molecule has 0 aromatic rings. The summed E-state index contributed by atoms with van der Waals surface area (Å²) >= 11 is 0. The smallest absolute Gasteiger partial charge is 0.385 e. The summed E-state index contributed by atoms with van der Waals surface area (Å²) in [5.41, 5.74) is -0.347. The molecule has 0 spiro atoms. The van der Waals surface area contributed by atoms with E-state index in [1.54, 1.807) is 0 Å². The summed E-state index contributed by atoms with van der Waals surface area (Å²) in [5, 5.41) is 9.38. The molecule has 286 valence electrons. The number of aliphatic hydroxyl groups is 1. The van der Waals surface area contributed by atoms with Crippen LogP contribution in [-0.4, -0.2) is 95.4 Å². The Hall–Kier alpha value is -2.51. The van der Waals surface area contributed by atoms with Gasteiger partial charge in [0.25, 0.3) is 0 Å². The van der Waals surface area contributed by atoms with Gasteiger partial charge in [-0.2, -0.15) is 96.6 Å². The lowest BCUT2D eigenvalue weighted by Gasteiger charge is -2.45. The van der Waals surface area contributed by atoms with Crippen LogP contribution < -0.4 is 0 Å². The van der Waals surface area contributed by atoms with E-state index in [-0.39, 0.29) is 5.57 Å². The van der Waals surface area contributed by atoms with Crippen molar-refractivity contribution in [1.29, 1.82) is 0 Å². The molecule has 0 aliphatic rings. The summed E-state index contributed by atoms with van der Waals surface area (Å²) in [5.74, 6) is -98.0. The maximum Gasteiger partial charge on any atom is 0.385 e. The first-order valence-corrected chi connectivity index (χ1v) is 11.6. The zero-order valence-corrected chi connectivity index (χ0v) is 22.5. The Bertz CT molecular complexity index is 1160. The monoisotopic (exact) mass is 772 g/mol. The van der Waals surface area contributed by atoms with Crippen LogP contribution in [0.3, 0.4) is 0 Å². The fourth-order valence-corrected chi connectivity index (χ4v) is 3.05. The minimum atomic E-state index is -9.52. The van der Waals surface area contributed by atoms with Crippen molar-refractivity contribution in [2.24, 2.45) is 0 Å². The van der Waals surface area contributed by atoms with Crippen LogP contribution in [0.2, 0.25) is 0 Å². The molecule has 0 aromatic carbocycles. The van der Waals surface area contributed by atoms with Gasteiger partial charge in [-0.3, -0.25) is 0 Å². The van der Waals surface area contributed by atoms with Crippen molar-refractivity contribution in [1.82, 2.24) is 0 Å². The highest BCUT2D eigenvalue weighted by atomic mass is 19.4. The van der Waals surface area contributed by atoms with Gasteiger partial charge in [-0.25, -0.2) is 13.6 Å². The summed E-state index contributed by atoms with van der Waals surface area (Å²) in [6.07, 6.45) is -14.5. The van der Waals surface area contributed by atoms with E-state index in [1.165, 1.54) is 0 Å². The first-order chi connectivity index (χ1) is 20.7. The second kappa shape index (κ2) is 13.0. The Labute approximate surface area is 249 Å². The van der Waals surface area contributed by atoms with E-state index in [4.69, 9.17) is 0 Å². The van der Waals surface area contributed by atoms with Gasteiger partial charge in [-0.1, -0.05) is 6.58 Å². The van der Waals surface area contributed by atoms with Gasteiger partial charge in [0, 0.05) is 12.0 Å². The second-order valence-corrected chi connectivity index (χ2v) is 9.72. The molecule has 0 saturated carbocycles. The molecule has 0 heterocycles. The number of halogens is 24. The zero-order valence-electron chi connectivity index (χ0n) is 22.5. The van der Waals surface area contributed by atoms with Crippen LogP contribution in [-0.2, 0) is 9.53 Å². The zero-order chi connectivity index (χ0) is 39.3. The van der Waals surface area contributed by atoms with E-state index in [1.807, 2.05) is 0 Å². The number of aliphatic hydroxyl groups excluding tert-OH is 1. The molecule has 0 radical (unpaired) electrons. The first-order valence-electron chi connectivity index (χ1n) is 11.6. The van der Waals surface area contributed by atoms with E-state index in [2.05, 4.69) is 11.3 Å². The Balaban J connectivity index is 6.73. The lowest BCUT2D eigenvalue weighted by atomic mass is 9.84. The summed E-state index contributed by atoms with van der Waals surface area (Å²) in [4.78, 5) is 11.1. The molecule has 3 nitrogen and oxygen atoms in total. The number of carbonyl (C=O) groups is 1. The topological polar surface area (TPSA) is 46.5 Å². The molecule has 0 aromatic heterocycles. The Kier molecular flexibility index (Phi) is 12.3. The van der Waals surface area contributed by atoms with Crippen molar-refractivity contribution >= 4 is 5.97 Å². The highest BCUT2D eigenvalue weighted by molar-refractivity contribution is 5.86. The summed E-state index contributed by atoms with van der Waals surface area (Å²) in [6.45, 7) is 2.87. The van der Waals surface area contributed by atoms with Gasteiger partial charge < -0.3 is 9.84 Å². The third kappa shape index (κ3) is 6.55. The van der Waals surface area contributed by atoms with E-state index in [0.717, 1.165) is 6.92 Å². The minimum absolute atomic E-state index is 0.347. The van der Waals surface area contributed by atoms with Gasteiger partial charge in [0.05, 0.1) is 6.10 Å². The van der Waals surface area contributed by atoms with Crippen molar-refractivity contribution in [2.45, 2.75) is 104 Å². The van der Waals surface area contributed by atoms with Crippen molar-refractivity contribution in [3.8, 4) is 0 Å². The number of ether oxygens (including phenoxy) is 1. The molecule has 48 heavy (non-hydrogen) atoms. The standard InChI is InChI=1S/C21H16F24O3/c1-7(2)9(47)48-6-8(46)4-3-5-11(24,25)13(28,29)15(32,33)17(36,37)19(40,41)21(44,45)20(42,43)18(38,39)16(34,35)14(30,31)12(26,27)10(22)23/h8,10,46H,1,3-6H2,2H3. The van der Waals surface area contributed by atoms with Crippen molar-refractivity contribution in [2.75, 3.05) is 6.61 Å². The number of hydrogen-bond donors (Lipinski definition) is 1. The highest BCUT2D eigenvalue weighted by Gasteiger charge is 2.98. The number of carbonyl (C=O) groups excluding carboxylic acids is 1.